The van der Waals surface area contributed by atoms with Crippen LogP contribution in [0.25, 0.3) is 5.95 Å². The molecule has 3 heterocycles. The summed E-state index contributed by atoms with van der Waals surface area (Å²) in [6.07, 6.45) is 0. The Kier molecular flexibility index (Phi) is 6.02. The molecule has 4 rings (SSSR count). The van der Waals surface area contributed by atoms with E-state index in [0.29, 0.717) is 22.0 Å². The van der Waals surface area contributed by atoms with Crippen LogP contribution in [-0.2, 0) is 10.5 Å². The molecule has 166 valence electrons. The van der Waals surface area contributed by atoms with Crippen LogP contribution in [0.1, 0.15) is 35.1 Å². The third-order valence-electron chi connectivity index (χ3n) is 4.83. The first-order valence-corrected chi connectivity index (χ1v) is 11.8. The van der Waals surface area contributed by atoms with Crippen LogP contribution < -0.4 is 10.7 Å². The van der Waals surface area contributed by atoms with Crippen molar-refractivity contribution in [3.63, 3.8) is 0 Å². The third kappa shape index (κ3) is 4.26. The molecule has 0 saturated carbocycles. The summed E-state index contributed by atoms with van der Waals surface area (Å²) in [5.74, 6) is 7.13. The Morgan fingerprint density at radius 3 is 2.62 bits per heavy atom. The first-order valence-electron chi connectivity index (χ1n) is 9.94. The molecule has 0 unspecified atom stereocenters. The van der Waals surface area contributed by atoms with Gasteiger partial charge in [0.25, 0.3) is 5.95 Å². The fourth-order valence-corrected chi connectivity index (χ4v) is 5.14. The van der Waals surface area contributed by atoms with Crippen LogP contribution in [-0.4, -0.2) is 35.5 Å². The second kappa shape index (κ2) is 8.75. The minimum atomic E-state index is -0.0817. The number of thiazole rings is 1. The maximum absolute atomic E-state index is 12.4. The molecule has 1 aromatic carbocycles. The Labute approximate surface area is 194 Å². The maximum Gasteiger partial charge on any atom is 0.271 e. The molecule has 0 aliphatic rings. The summed E-state index contributed by atoms with van der Waals surface area (Å²) in [4.78, 5) is 18.8. The zero-order valence-corrected chi connectivity index (χ0v) is 20.2. The van der Waals surface area contributed by atoms with Crippen molar-refractivity contribution in [3.8, 4) is 5.95 Å². The van der Waals surface area contributed by atoms with E-state index in [1.54, 1.807) is 16.5 Å². The van der Waals surface area contributed by atoms with Crippen molar-refractivity contribution in [2.75, 3.05) is 10.7 Å². The van der Waals surface area contributed by atoms with Gasteiger partial charge in [0.2, 0.25) is 11.1 Å². The molecule has 9 nitrogen and oxygen atoms in total. The largest absolute Gasteiger partial charge is 0.334 e. The molecule has 1 amide bonds. The number of hydrogen-bond donors (Lipinski definition) is 1. The average molecular weight is 469 g/mol. The molecule has 4 aromatic rings. The van der Waals surface area contributed by atoms with E-state index < -0.39 is 0 Å². The molecule has 0 fully saturated rings. The van der Waals surface area contributed by atoms with E-state index in [2.05, 4.69) is 26.3 Å². The summed E-state index contributed by atoms with van der Waals surface area (Å²) >= 11 is 2.86. The highest BCUT2D eigenvalue weighted by atomic mass is 32.2. The van der Waals surface area contributed by atoms with Crippen LogP contribution in [0.2, 0.25) is 0 Å². The summed E-state index contributed by atoms with van der Waals surface area (Å²) in [6, 6.07) is 7.97. The predicted molar refractivity (Wildman–Crippen MR) is 127 cm³/mol. The Bertz CT molecular complexity index is 1290. The van der Waals surface area contributed by atoms with Gasteiger partial charge in [0, 0.05) is 23.8 Å². The number of carbonyl (C=O) groups is 1. The van der Waals surface area contributed by atoms with Gasteiger partial charge < -0.3 is 5.84 Å². The molecule has 0 atom stereocenters. The van der Waals surface area contributed by atoms with E-state index in [9.17, 15) is 4.79 Å². The Morgan fingerprint density at radius 1 is 1.19 bits per heavy atom. The molecular formula is C21H24N8OS2. The van der Waals surface area contributed by atoms with Gasteiger partial charge in [-0.2, -0.15) is 5.10 Å². The van der Waals surface area contributed by atoms with Gasteiger partial charge in [-0.25, -0.2) is 14.3 Å². The number of hydrogen-bond acceptors (Lipinski definition) is 8. The highest BCUT2D eigenvalue weighted by Gasteiger charge is 2.20. The zero-order valence-electron chi connectivity index (χ0n) is 18.5. The molecule has 0 saturated heterocycles. The average Bonchev–Trinajstić information content (AvgIpc) is 3.41. The van der Waals surface area contributed by atoms with Gasteiger partial charge in [0.15, 0.2) is 5.13 Å². The highest BCUT2D eigenvalue weighted by Crippen LogP contribution is 2.33. The van der Waals surface area contributed by atoms with E-state index in [4.69, 9.17) is 5.84 Å². The predicted octanol–water partition coefficient (Wildman–Crippen LogP) is 3.84. The summed E-state index contributed by atoms with van der Waals surface area (Å²) in [5, 5.41) is 15.9. The van der Waals surface area contributed by atoms with E-state index >= 15 is 0 Å². The van der Waals surface area contributed by atoms with Crippen LogP contribution in [0.3, 0.4) is 0 Å². The number of anilines is 2. The Balaban J connectivity index is 1.52. The van der Waals surface area contributed by atoms with Crippen LogP contribution >= 0.6 is 23.1 Å². The molecular weight excluding hydrogens is 444 g/mol. The molecule has 2 N–H and O–H groups in total. The number of rotatable bonds is 6. The Hall–Kier alpha value is -3.18. The molecule has 0 bridgehead atoms. The lowest BCUT2D eigenvalue weighted by molar-refractivity contribution is -0.115. The summed E-state index contributed by atoms with van der Waals surface area (Å²) in [5.41, 5.74) is 5.66. The second-order valence-electron chi connectivity index (χ2n) is 7.55. The van der Waals surface area contributed by atoms with Crippen LogP contribution in [0.4, 0.5) is 10.8 Å². The first kappa shape index (κ1) is 22.0. The van der Waals surface area contributed by atoms with Crippen LogP contribution in [0, 0.1) is 27.7 Å². The monoisotopic (exact) mass is 468 g/mol. The lowest BCUT2D eigenvalue weighted by atomic mass is 10.1. The molecule has 3 aromatic heterocycles. The van der Waals surface area contributed by atoms with Crippen molar-refractivity contribution >= 4 is 39.8 Å². The molecule has 32 heavy (non-hydrogen) atoms. The number of thioether (sulfide) groups is 1. The number of nitrogens with zero attached hydrogens (tertiary/aromatic N) is 7. The summed E-state index contributed by atoms with van der Waals surface area (Å²) < 4.78 is 3.09. The van der Waals surface area contributed by atoms with Gasteiger partial charge in [-0.15, -0.1) is 21.5 Å². The first-order chi connectivity index (χ1) is 15.2. The molecule has 11 heteroatoms. The lowest BCUT2D eigenvalue weighted by Gasteiger charge is -2.20. The van der Waals surface area contributed by atoms with Crippen molar-refractivity contribution < 1.29 is 4.79 Å². The highest BCUT2D eigenvalue weighted by molar-refractivity contribution is 7.98. The number of aryl methyl sites for hydroxylation is 4. The van der Waals surface area contributed by atoms with E-state index in [-0.39, 0.29) is 5.91 Å². The molecule has 0 spiro atoms. The lowest BCUT2D eigenvalue weighted by Crippen LogP contribution is -2.23. The van der Waals surface area contributed by atoms with E-state index in [0.717, 1.165) is 33.9 Å². The van der Waals surface area contributed by atoms with Crippen molar-refractivity contribution in [3.05, 3.63) is 57.9 Å². The van der Waals surface area contributed by atoms with Gasteiger partial charge in [0.05, 0.1) is 17.1 Å². The number of aromatic nitrogens is 6. The van der Waals surface area contributed by atoms with Gasteiger partial charge >= 0.3 is 0 Å². The van der Waals surface area contributed by atoms with Crippen LogP contribution in [0.15, 0.2) is 34.8 Å². The standard InChI is InChI=1S/C21H24N8OS2/c1-12-6-7-18(13(2)8-12)27(16(5)30)20-23-17(10-31-20)11-32-21-25-24-19(28(21)22)29-15(4)9-14(3)26-29/h6-10H,11,22H2,1-5H3. The molecule has 0 radical (unpaired) electrons. The summed E-state index contributed by atoms with van der Waals surface area (Å²) in [6.45, 7) is 9.43. The fraction of sp³-hybridized carbons (Fsp3) is 0.286. The topological polar surface area (TPSA) is 108 Å². The quantitative estimate of drug-likeness (QED) is 0.338. The minimum absolute atomic E-state index is 0.0817. The van der Waals surface area contributed by atoms with Crippen molar-refractivity contribution in [1.29, 1.82) is 0 Å². The maximum atomic E-state index is 12.4. The second-order valence-corrected chi connectivity index (χ2v) is 9.32. The van der Waals surface area contributed by atoms with Gasteiger partial charge in [0.1, 0.15) is 0 Å². The fourth-order valence-electron chi connectivity index (χ4n) is 3.41. The van der Waals surface area contributed by atoms with Crippen molar-refractivity contribution in [1.82, 2.24) is 29.6 Å². The Morgan fingerprint density at radius 2 is 1.97 bits per heavy atom. The zero-order chi connectivity index (χ0) is 23.0. The minimum Gasteiger partial charge on any atom is -0.334 e. The summed E-state index contributed by atoms with van der Waals surface area (Å²) in [7, 11) is 0. The number of nitrogen functional groups attached to an aromatic ring is 1. The van der Waals surface area contributed by atoms with E-state index in [1.165, 1.54) is 27.8 Å². The van der Waals surface area contributed by atoms with Crippen molar-refractivity contribution in [2.45, 2.75) is 45.5 Å². The number of nitrogens with two attached hydrogens (primary N) is 1. The molecule has 0 aliphatic heterocycles. The number of amides is 1. The number of carbonyl (C=O) groups excluding carboxylic acids is 1. The third-order valence-corrected chi connectivity index (χ3v) is 6.68. The van der Waals surface area contributed by atoms with E-state index in [1.807, 2.05) is 51.3 Å². The SMILES string of the molecule is CC(=O)N(c1nc(CSc2nnc(-n3nc(C)cc3C)n2N)cs1)c1ccc(C)cc1C. The number of benzene rings is 1. The van der Waals surface area contributed by atoms with Gasteiger partial charge in [-0.05, 0) is 45.4 Å². The van der Waals surface area contributed by atoms with Gasteiger partial charge in [-0.3, -0.25) is 9.69 Å². The normalized spacial score (nSPS) is 11.2. The molecule has 0 aliphatic carbocycles. The van der Waals surface area contributed by atoms with Crippen LogP contribution in [0.5, 0.6) is 0 Å². The van der Waals surface area contributed by atoms with Crippen molar-refractivity contribution in [2.24, 2.45) is 0 Å². The smallest absolute Gasteiger partial charge is 0.271 e. The van der Waals surface area contributed by atoms with Gasteiger partial charge in [-0.1, -0.05) is 29.5 Å².